The first-order chi connectivity index (χ1) is 11.6. The van der Waals surface area contributed by atoms with Gasteiger partial charge in [0.05, 0.1) is 16.4 Å². The zero-order valence-electron chi connectivity index (χ0n) is 13.1. The molecular formula is C18H16FN3OS. The number of pyridine rings is 1. The Labute approximate surface area is 143 Å². The highest BCUT2D eigenvalue weighted by atomic mass is 32.1. The van der Waals surface area contributed by atoms with Gasteiger partial charge < -0.3 is 5.32 Å². The molecule has 0 radical (unpaired) electrons. The summed E-state index contributed by atoms with van der Waals surface area (Å²) in [5.41, 5.74) is 2.72. The van der Waals surface area contributed by atoms with Crippen LogP contribution in [0, 0.1) is 12.7 Å². The number of thiazole rings is 1. The van der Waals surface area contributed by atoms with Crippen LogP contribution in [-0.4, -0.2) is 22.4 Å². The fraction of sp³-hybridized carbons (Fsp3) is 0.167. The highest BCUT2D eigenvalue weighted by Gasteiger charge is 2.09. The van der Waals surface area contributed by atoms with Crippen LogP contribution in [0.3, 0.4) is 0 Å². The number of nitrogens with zero attached hydrogens (tertiary/aromatic N) is 2. The summed E-state index contributed by atoms with van der Waals surface area (Å²) in [7, 11) is 0. The normalized spacial score (nSPS) is 10.6. The number of carbonyl (C=O) groups is 1. The van der Waals surface area contributed by atoms with Crippen LogP contribution in [0.4, 0.5) is 4.39 Å². The minimum atomic E-state index is -0.403. The van der Waals surface area contributed by atoms with Crippen LogP contribution in [0.2, 0.25) is 0 Å². The van der Waals surface area contributed by atoms with Gasteiger partial charge in [-0.05, 0) is 42.8 Å². The van der Waals surface area contributed by atoms with E-state index in [1.165, 1.54) is 23.5 Å². The second-order valence-electron chi connectivity index (χ2n) is 5.36. The molecule has 0 saturated heterocycles. The van der Waals surface area contributed by atoms with Crippen molar-refractivity contribution in [3.63, 3.8) is 0 Å². The molecule has 0 fully saturated rings. The monoisotopic (exact) mass is 341 g/mol. The van der Waals surface area contributed by atoms with Crippen molar-refractivity contribution in [1.82, 2.24) is 15.3 Å². The average Bonchev–Trinajstić information content (AvgIpc) is 3.03. The smallest absolute Gasteiger partial charge is 0.251 e. The molecule has 0 unspecified atom stereocenters. The summed E-state index contributed by atoms with van der Waals surface area (Å²) in [5, 5.41) is 5.67. The second-order valence-corrected chi connectivity index (χ2v) is 6.31. The highest BCUT2D eigenvalue weighted by Crippen LogP contribution is 2.19. The number of aryl methyl sites for hydroxylation is 1. The number of hydrogen-bond donors (Lipinski definition) is 1. The number of rotatable bonds is 5. The molecule has 0 aliphatic rings. The summed E-state index contributed by atoms with van der Waals surface area (Å²) in [6.45, 7) is 2.21. The SMILES string of the molecule is Cc1cc(F)cc(C(=O)NCCc2nc(-c3ccccn3)cs2)c1. The maximum Gasteiger partial charge on any atom is 0.251 e. The fourth-order valence-corrected chi connectivity index (χ4v) is 3.10. The Hall–Kier alpha value is -2.60. The molecule has 122 valence electrons. The van der Waals surface area contributed by atoms with Gasteiger partial charge in [-0.25, -0.2) is 9.37 Å². The molecule has 0 atom stereocenters. The number of nitrogens with one attached hydrogen (secondary N) is 1. The van der Waals surface area contributed by atoms with Crippen LogP contribution >= 0.6 is 11.3 Å². The van der Waals surface area contributed by atoms with Crippen molar-refractivity contribution in [3.8, 4) is 11.4 Å². The number of benzene rings is 1. The molecule has 2 aromatic heterocycles. The van der Waals surface area contributed by atoms with Crippen molar-refractivity contribution in [2.45, 2.75) is 13.3 Å². The van der Waals surface area contributed by atoms with E-state index < -0.39 is 5.82 Å². The Morgan fingerprint density at radius 1 is 1.25 bits per heavy atom. The second kappa shape index (κ2) is 7.31. The lowest BCUT2D eigenvalue weighted by Crippen LogP contribution is -2.25. The van der Waals surface area contributed by atoms with Crippen LogP contribution in [-0.2, 0) is 6.42 Å². The van der Waals surface area contributed by atoms with E-state index in [-0.39, 0.29) is 5.91 Å². The molecular weight excluding hydrogens is 325 g/mol. The maximum absolute atomic E-state index is 13.3. The van der Waals surface area contributed by atoms with Crippen LogP contribution in [0.25, 0.3) is 11.4 Å². The van der Waals surface area contributed by atoms with Gasteiger partial charge in [0.15, 0.2) is 0 Å². The van der Waals surface area contributed by atoms with E-state index in [2.05, 4.69) is 15.3 Å². The van der Waals surface area contributed by atoms with E-state index in [0.717, 1.165) is 22.0 Å². The Kier molecular flexibility index (Phi) is 4.96. The lowest BCUT2D eigenvalue weighted by atomic mass is 10.1. The van der Waals surface area contributed by atoms with Gasteiger partial charge in [0, 0.05) is 30.1 Å². The molecule has 3 rings (SSSR count). The van der Waals surface area contributed by atoms with Crippen LogP contribution < -0.4 is 5.32 Å². The summed E-state index contributed by atoms with van der Waals surface area (Å²) in [6.07, 6.45) is 2.35. The fourth-order valence-electron chi connectivity index (χ4n) is 2.31. The van der Waals surface area contributed by atoms with Gasteiger partial charge in [-0.2, -0.15) is 0 Å². The third-order valence-electron chi connectivity index (χ3n) is 3.41. The van der Waals surface area contributed by atoms with E-state index in [0.29, 0.717) is 18.5 Å². The van der Waals surface area contributed by atoms with Crippen molar-refractivity contribution >= 4 is 17.2 Å². The molecule has 4 nitrogen and oxygen atoms in total. The van der Waals surface area contributed by atoms with E-state index in [9.17, 15) is 9.18 Å². The van der Waals surface area contributed by atoms with Crippen molar-refractivity contribution in [1.29, 1.82) is 0 Å². The number of halogens is 1. The number of amides is 1. The number of hydrogen-bond acceptors (Lipinski definition) is 4. The molecule has 1 amide bonds. The third kappa shape index (κ3) is 4.02. The van der Waals surface area contributed by atoms with Crippen molar-refractivity contribution in [3.05, 3.63) is 69.9 Å². The van der Waals surface area contributed by atoms with Crippen molar-refractivity contribution in [2.24, 2.45) is 0 Å². The molecule has 0 saturated carbocycles. The summed E-state index contributed by atoms with van der Waals surface area (Å²) >= 11 is 1.53. The van der Waals surface area contributed by atoms with Gasteiger partial charge in [-0.15, -0.1) is 11.3 Å². The quantitative estimate of drug-likeness (QED) is 0.771. The van der Waals surface area contributed by atoms with Crippen LogP contribution in [0.15, 0.2) is 48.0 Å². The minimum Gasteiger partial charge on any atom is -0.352 e. The van der Waals surface area contributed by atoms with Gasteiger partial charge in [-0.1, -0.05) is 6.07 Å². The first-order valence-corrected chi connectivity index (χ1v) is 8.41. The molecule has 3 aromatic rings. The zero-order valence-corrected chi connectivity index (χ0v) is 13.9. The Morgan fingerprint density at radius 3 is 2.88 bits per heavy atom. The number of aromatic nitrogens is 2. The van der Waals surface area contributed by atoms with Crippen molar-refractivity contribution < 1.29 is 9.18 Å². The van der Waals surface area contributed by atoms with Crippen LogP contribution in [0.1, 0.15) is 20.9 Å². The maximum atomic E-state index is 13.3. The third-order valence-corrected chi connectivity index (χ3v) is 4.32. The van der Waals surface area contributed by atoms with Crippen LogP contribution in [0.5, 0.6) is 0 Å². The molecule has 1 aromatic carbocycles. The summed E-state index contributed by atoms with van der Waals surface area (Å²) in [5.74, 6) is -0.681. The van der Waals surface area contributed by atoms with Gasteiger partial charge in [0.1, 0.15) is 5.82 Å². The molecule has 0 aliphatic carbocycles. The first-order valence-electron chi connectivity index (χ1n) is 7.53. The molecule has 0 bridgehead atoms. The molecule has 1 N–H and O–H groups in total. The molecule has 24 heavy (non-hydrogen) atoms. The van der Waals surface area contributed by atoms with E-state index in [1.54, 1.807) is 19.2 Å². The van der Waals surface area contributed by atoms with Gasteiger partial charge in [0.2, 0.25) is 0 Å². The zero-order chi connectivity index (χ0) is 16.9. The minimum absolute atomic E-state index is 0.279. The average molecular weight is 341 g/mol. The molecule has 0 aliphatic heterocycles. The lowest BCUT2D eigenvalue weighted by molar-refractivity contribution is 0.0953. The first kappa shape index (κ1) is 16.3. The van der Waals surface area contributed by atoms with Gasteiger partial charge >= 0.3 is 0 Å². The van der Waals surface area contributed by atoms with E-state index in [1.807, 2.05) is 23.6 Å². The highest BCUT2D eigenvalue weighted by molar-refractivity contribution is 7.09. The summed E-state index contributed by atoms with van der Waals surface area (Å²) < 4.78 is 13.3. The predicted molar refractivity (Wildman–Crippen MR) is 92.5 cm³/mol. The predicted octanol–water partition coefficient (Wildman–Crippen LogP) is 3.63. The topological polar surface area (TPSA) is 54.9 Å². The largest absolute Gasteiger partial charge is 0.352 e. The molecule has 6 heteroatoms. The van der Waals surface area contributed by atoms with Gasteiger partial charge in [0.25, 0.3) is 5.91 Å². The van der Waals surface area contributed by atoms with Crippen molar-refractivity contribution in [2.75, 3.05) is 6.54 Å². The lowest BCUT2D eigenvalue weighted by Gasteiger charge is -2.05. The van der Waals surface area contributed by atoms with Gasteiger partial charge in [-0.3, -0.25) is 9.78 Å². The Balaban J connectivity index is 1.57. The Morgan fingerprint density at radius 2 is 2.12 bits per heavy atom. The molecule has 0 spiro atoms. The standard InChI is InChI=1S/C18H16FN3OS/c1-12-8-13(10-14(19)9-12)18(23)21-7-5-17-22-16(11-24-17)15-4-2-3-6-20-15/h2-4,6,8-11H,5,7H2,1H3,(H,21,23). The molecule has 2 heterocycles. The summed E-state index contributed by atoms with van der Waals surface area (Å²) in [6, 6.07) is 9.99. The van der Waals surface area contributed by atoms with E-state index in [4.69, 9.17) is 0 Å². The number of carbonyl (C=O) groups excluding carboxylic acids is 1. The summed E-state index contributed by atoms with van der Waals surface area (Å²) in [4.78, 5) is 20.9. The van der Waals surface area contributed by atoms with E-state index >= 15 is 0 Å². The Bertz CT molecular complexity index is 828.